The second-order valence-electron chi connectivity index (χ2n) is 3.19. The van der Waals surface area contributed by atoms with Gasteiger partial charge in [0.2, 0.25) is 0 Å². The van der Waals surface area contributed by atoms with E-state index in [9.17, 15) is 4.91 Å². The van der Waals surface area contributed by atoms with Crippen molar-refractivity contribution in [3.63, 3.8) is 0 Å². The first-order valence-corrected chi connectivity index (χ1v) is 4.02. The van der Waals surface area contributed by atoms with E-state index >= 15 is 0 Å². The molecule has 1 N–H and O–H groups in total. The highest BCUT2D eigenvalue weighted by atomic mass is 16.3. The number of nitroso groups, excluding NO2 is 1. The zero-order valence-electron chi connectivity index (χ0n) is 7.08. The predicted octanol–water partition coefficient (Wildman–Crippen LogP) is 0.598. The summed E-state index contributed by atoms with van der Waals surface area (Å²) in [5, 5.41) is 7.66. The molecule has 0 spiro atoms. The third kappa shape index (κ3) is 1.89. The van der Waals surface area contributed by atoms with Crippen LogP contribution in [0.3, 0.4) is 0 Å². The summed E-state index contributed by atoms with van der Waals surface area (Å²) in [5.74, 6) is 0.568. The summed E-state index contributed by atoms with van der Waals surface area (Å²) in [6, 6.07) is 0.279. The Morgan fingerprint density at radius 3 is 2.91 bits per heavy atom. The van der Waals surface area contributed by atoms with Crippen LogP contribution in [0.1, 0.15) is 13.3 Å². The normalized spacial score (nSPS) is 31.5. The Morgan fingerprint density at radius 2 is 2.36 bits per heavy atom. The van der Waals surface area contributed by atoms with E-state index in [4.69, 9.17) is 0 Å². The average Bonchev–Trinajstić information content (AvgIpc) is 2.04. The molecule has 0 aromatic carbocycles. The molecule has 1 rings (SSSR count). The predicted molar refractivity (Wildman–Crippen MR) is 44.0 cm³/mol. The van der Waals surface area contributed by atoms with Crippen molar-refractivity contribution in [1.29, 1.82) is 0 Å². The summed E-state index contributed by atoms with van der Waals surface area (Å²) in [6.07, 6.45) is 1.13. The smallest absolute Gasteiger partial charge is 0.0649 e. The Morgan fingerprint density at radius 1 is 1.64 bits per heavy atom. The number of nitrogens with one attached hydrogen (secondary N) is 1. The second kappa shape index (κ2) is 3.67. The minimum Gasteiger partial charge on any atom is -0.315 e. The summed E-state index contributed by atoms with van der Waals surface area (Å²) < 4.78 is 0. The molecule has 0 aromatic heterocycles. The molecular weight excluding hydrogens is 142 g/mol. The van der Waals surface area contributed by atoms with E-state index < -0.39 is 0 Å². The Bertz CT molecular complexity index is 140. The summed E-state index contributed by atoms with van der Waals surface area (Å²) in [4.78, 5) is 10.2. The van der Waals surface area contributed by atoms with Crippen molar-refractivity contribution in [3.8, 4) is 0 Å². The van der Waals surface area contributed by atoms with Crippen LogP contribution >= 0.6 is 0 Å². The molecule has 1 aliphatic rings. The van der Waals surface area contributed by atoms with E-state index in [0.29, 0.717) is 5.92 Å². The summed E-state index contributed by atoms with van der Waals surface area (Å²) in [7, 11) is 1.74. The molecule has 0 saturated carbocycles. The lowest BCUT2D eigenvalue weighted by Crippen LogP contribution is -2.46. The number of piperidine rings is 1. The van der Waals surface area contributed by atoms with Crippen molar-refractivity contribution in [2.75, 3.05) is 20.1 Å². The molecule has 2 atom stereocenters. The molecule has 0 radical (unpaired) electrons. The van der Waals surface area contributed by atoms with Crippen LogP contribution in [-0.2, 0) is 0 Å². The van der Waals surface area contributed by atoms with Gasteiger partial charge >= 0.3 is 0 Å². The van der Waals surface area contributed by atoms with Crippen molar-refractivity contribution in [3.05, 3.63) is 4.91 Å². The first-order chi connectivity index (χ1) is 5.25. The Kier molecular flexibility index (Phi) is 2.82. The van der Waals surface area contributed by atoms with Crippen LogP contribution in [0.5, 0.6) is 0 Å². The molecule has 4 nitrogen and oxygen atoms in total. The van der Waals surface area contributed by atoms with Crippen LogP contribution in [-0.4, -0.2) is 31.2 Å². The lowest BCUT2D eigenvalue weighted by Gasteiger charge is -2.32. The maximum Gasteiger partial charge on any atom is 0.0649 e. The number of hydrogen-bond acceptors (Lipinski definition) is 3. The fourth-order valence-electron chi connectivity index (χ4n) is 1.53. The summed E-state index contributed by atoms with van der Waals surface area (Å²) >= 11 is 0. The second-order valence-corrected chi connectivity index (χ2v) is 3.19. The van der Waals surface area contributed by atoms with Gasteiger partial charge in [0.05, 0.1) is 11.3 Å². The third-order valence-corrected chi connectivity index (χ3v) is 2.40. The molecule has 64 valence electrons. The fraction of sp³-hybridized carbons (Fsp3) is 1.00. The topological polar surface area (TPSA) is 44.7 Å². The molecule has 1 heterocycles. The van der Waals surface area contributed by atoms with E-state index in [2.05, 4.69) is 17.5 Å². The standard InChI is InChI=1S/C7H15N3O/c1-6-3-4-8-5-7(6)10(2)9-11/h6-8H,3-5H2,1-2H3. The number of nitrogens with zero attached hydrogens (tertiary/aromatic N) is 2. The first kappa shape index (κ1) is 8.46. The minimum absolute atomic E-state index is 0.279. The number of likely N-dealkylation sites (N-methyl/N-ethyl adjacent to an activating group) is 1. The fourth-order valence-corrected chi connectivity index (χ4v) is 1.53. The van der Waals surface area contributed by atoms with Crippen molar-refractivity contribution in [1.82, 2.24) is 10.3 Å². The highest BCUT2D eigenvalue weighted by molar-refractivity contribution is 4.80. The molecule has 1 fully saturated rings. The molecular formula is C7H15N3O. The largest absolute Gasteiger partial charge is 0.315 e. The molecule has 4 heteroatoms. The van der Waals surface area contributed by atoms with Crippen molar-refractivity contribution in [2.45, 2.75) is 19.4 Å². The van der Waals surface area contributed by atoms with Crippen LogP contribution in [0.2, 0.25) is 0 Å². The van der Waals surface area contributed by atoms with Gasteiger partial charge in [0.25, 0.3) is 0 Å². The maximum atomic E-state index is 10.2. The molecule has 0 amide bonds. The minimum atomic E-state index is 0.279. The quantitative estimate of drug-likeness (QED) is 0.471. The van der Waals surface area contributed by atoms with Crippen LogP contribution in [0.4, 0.5) is 0 Å². The first-order valence-electron chi connectivity index (χ1n) is 4.02. The van der Waals surface area contributed by atoms with E-state index in [1.165, 1.54) is 5.01 Å². The van der Waals surface area contributed by atoms with E-state index in [0.717, 1.165) is 19.5 Å². The zero-order chi connectivity index (χ0) is 8.27. The van der Waals surface area contributed by atoms with Crippen LogP contribution in [0.25, 0.3) is 0 Å². The van der Waals surface area contributed by atoms with Crippen LogP contribution in [0, 0.1) is 10.8 Å². The monoisotopic (exact) mass is 157 g/mol. The van der Waals surface area contributed by atoms with Gasteiger partial charge in [0, 0.05) is 13.6 Å². The molecule has 0 aromatic rings. The van der Waals surface area contributed by atoms with Crippen molar-refractivity contribution < 1.29 is 0 Å². The van der Waals surface area contributed by atoms with Gasteiger partial charge in [-0.25, -0.2) is 0 Å². The van der Waals surface area contributed by atoms with E-state index in [-0.39, 0.29) is 6.04 Å². The van der Waals surface area contributed by atoms with Gasteiger partial charge in [-0.3, -0.25) is 5.01 Å². The van der Waals surface area contributed by atoms with E-state index in [1.807, 2.05) is 0 Å². The highest BCUT2D eigenvalue weighted by Gasteiger charge is 2.24. The molecule has 1 aliphatic heterocycles. The van der Waals surface area contributed by atoms with Gasteiger partial charge in [-0.05, 0) is 18.9 Å². The Balaban J connectivity index is 2.46. The summed E-state index contributed by atoms with van der Waals surface area (Å²) in [6.45, 7) is 4.10. The molecule has 11 heavy (non-hydrogen) atoms. The number of rotatable bonds is 2. The molecule has 0 bridgehead atoms. The van der Waals surface area contributed by atoms with Gasteiger partial charge in [-0.15, -0.1) is 4.91 Å². The van der Waals surface area contributed by atoms with Crippen molar-refractivity contribution >= 4 is 0 Å². The van der Waals surface area contributed by atoms with E-state index in [1.54, 1.807) is 7.05 Å². The maximum absolute atomic E-state index is 10.2. The van der Waals surface area contributed by atoms with Crippen molar-refractivity contribution in [2.24, 2.45) is 11.2 Å². The van der Waals surface area contributed by atoms with Crippen LogP contribution < -0.4 is 5.32 Å². The zero-order valence-corrected chi connectivity index (χ0v) is 7.08. The highest BCUT2D eigenvalue weighted by Crippen LogP contribution is 2.15. The van der Waals surface area contributed by atoms with Gasteiger partial charge in [-0.2, -0.15) is 0 Å². The number of hydrogen-bond donors (Lipinski definition) is 1. The van der Waals surface area contributed by atoms with Gasteiger partial charge in [0.15, 0.2) is 0 Å². The third-order valence-electron chi connectivity index (χ3n) is 2.40. The molecule has 0 aliphatic carbocycles. The molecule has 1 saturated heterocycles. The Hall–Kier alpha value is -0.640. The van der Waals surface area contributed by atoms with Crippen LogP contribution in [0.15, 0.2) is 5.29 Å². The molecule has 2 unspecified atom stereocenters. The Labute approximate surface area is 66.9 Å². The average molecular weight is 157 g/mol. The lowest BCUT2D eigenvalue weighted by molar-refractivity contribution is 0.154. The van der Waals surface area contributed by atoms with Gasteiger partial charge in [0.1, 0.15) is 0 Å². The lowest BCUT2D eigenvalue weighted by atomic mass is 9.95. The van der Waals surface area contributed by atoms with Gasteiger partial charge in [-0.1, -0.05) is 6.92 Å². The summed E-state index contributed by atoms with van der Waals surface area (Å²) in [5.41, 5.74) is 0. The SMILES string of the molecule is CC1CCNCC1N(C)N=O. The van der Waals surface area contributed by atoms with Gasteiger partial charge < -0.3 is 5.32 Å².